The number of benzene rings is 1. The van der Waals surface area contributed by atoms with E-state index < -0.39 is 0 Å². The molecule has 0 heterocycles. The zero-order valence-corrected chi connectivity index (χ0v) is 12.2. The zero-order chi connectivity index (χ0) is 13.9. The van der Waals surface area contributed by atoms with E-state index in [0.29, 0.717) is 17.2 Å². The molecule has 1 saturated carbocycles. The number of phenolic OH excluding ortho intramolecular Hbond substituents is 1. The van der Waals surface area contributed by atoms with Crippen LogP contribution in [0.15, 0.2) is 18.2 Å². The Morgan fingerprint density at radius 3 is 2.84 bits per heavy atom. The Kier molecular flexibility index (Phi) is 4.35. The van der Waals surface area contributed by atoms with Gasteiger partial charge >= 0.3 is 0 Å². The Hall–Kier alpha value is -1.22. The summed E-state index contributed by atoms with van der Waals surface area (Å²) in [6, 6.07) is 6.18. The summed E-state index contributed by atoms with van der Waals surface area (Å²) < 4.78 is 5.05. The molecule has 1 aliphatic rings. The molecule has 1 aromatic rings. The van der Waals surface area contributed by atoms with Crippen LogP contribution in [-0.4, -0.2) is 18.3 Å². The van der Waals surface area contributed by atoms with Gasteiger partial charge in [0.15, 0.2) is 11.5 Å². The maximum Gasteiger partial charge on any atom is 0.160 e. The molecule has 1 aromatic carbocycles. The quantitative estimate of drug-likeness (QED) is 0.874. The standard InChI is InChI=1S/C16H25NO2/c1-16(2)8-4-5-13(10-16)17-11-12-6-7-15(19-3)14(18)9-12/h6-7,9,13,17-18H,4-5,8,10-11H2,1-3H3. The molecular formula is C16H25NO2. The van der Waals surface area contributed by atoms with Gasteiger partial charge in [-0.3, -0.25) is 0 Å². The van der Waals surface area contributed by atoms with Crippen molar-refractivity contribution in [1.29, 1.82) is 0 Å². The summed E-state index contributed by atoms with van der Waals surface area (Å²) in [6.45, 7) is 5.50. The van der Waals surface area contributed by atoms with Crippen LogP contribution < -0.4 is 10.1 Å². The Labute approximate surface area is 116 Å². The molecule has 0 radical (unpaired) electrons. The van der Waals surface area contributed by atoms with Gasteiger partial charge in [0, 0.05) is 12.6 Å². The number of ether oxygens (including phenoxy) is 1. The SMILES string of the molecule is COc1ccc(CNC2CCCC(C)(C)C2)cc1O. The van der Waals surface area contributed by atoms with E-state index in [9.17, 15) is 5.11 Å². The second-order valence-electron chi connectivity index (χ2n) is 6.34. The first-order valence-electron chi connectivity index (χ1n) is 7.09. The minimum absolute atomic E-state index is 0.214. The lowest BCUT2D eigenvalue weighted by atomic mass is 9.75. The third kappa shape index (κ3) is 3.87. The van der Waals surface area contributed by atoms with E-state index in [4.69, 9.17) is 4.74 Å². The first-order valence-corrected chi connectivity index (χ1v) is 7.09. The molecule has 2 rings (SSSR count). The summed E-state index contributed by atoms with van der Waals surface area (Å²) in [7, 11) is 1.57. The van der Waals surface area contributed by atoms with Gasteiger partial charge in [-0.1, -0.05) is 26.3 Å². The Bertz CT molecular complexity index is 429. The van der Waals surface area contributed by atoms with Crippen molar-refractivity contribution >= 4 is 0 Å². The first kappa shape index (κ1) is 14.2. The van der Waals surface area contributed by atoms with E-state index in [1.807, 2.05) is 12.1 Å². The monoisotopic (exact) mass is 263 g/mol. The molecule has 1 aliphatic carbocycles. The fraction of sp³-hybridized carbons (Fsp3) is 0.625. The highest BCUT2D eigenvalue weighted by Gasteiger charge is 2.27. The molecule has 106 valence electrons. The highest BCUT2D eigenvalue weighted by Crippen LogP contribution is 2.35. The summed E-state index contributed by atoms with van der Waals surface area (Å²) >= 11 is 0. The topological polar surface area (TPSA) is 41.5 Å². The van der Waals surface area contributed by atoms with E-state index >= 15 is 0 Å². The Morgan fingerprint density at radius 1 is 1.42 bits per heavy atom. The third-order valence-electron chi connectivity index (χ3n) is 4.04. The van der Waals surface area contributed by atoms with Gasteiger partial charge in [0.1, 0.15) is 0 Å². The third-order valence-corrected chi connectivity index (χ3v) is 4.04. The molecule has 0 amide bonds. The first-order chi connectivity index (χ1) is 9.00. The highest BCUT2D eigenvalue weighted by molar-refractivity contribution is 5.41. The summed E-state index contributed by atoms with van der Waals surface area (Å²) in [4.78, 5) is 0. The molecule has 0 bridgehead atoms. The van der Waals surface area contributed by atoms with Gasteiger partial charge in [0.2, 0.25) is 0 Å². The molecule has 0 spiro atoms. The average Bonchev–Trinajstić information content (AvgIpc) is 2.35. The minimum atomic E-state index is 0.214. The van der Waals surface area contributed by atoms with Gasteiger partial charge in [-0.2, -0.15) is 0 Å². The fourth-order valence-corrected chi connectivity index (χ4v) is 2.98. The van der Waals surface area contributed by atoms with Crippen molar-refractivity contribution in [2.24, 2.45) is 5.41 Å². The predicted molar refractivity (Wildman–Crippen MR) is 77.5 cm³/mol. The van der Waals surface area contributed by atoms with Crippen molar-refractivity contribution in [3.63, 3.8) is 0 Å². The van der Waals surface area contributed by atoms with Crippen molar-refractivity contribution in [2.45, 2.75) is 52.1 Å². The number of aromatic hydroxyl groups is 1. The van der Waals surface area contributed by atoms with E-state index in [1.54, 1.807) is 13.2 Å². The number of methoxy groups -OCH3 is 1. The molecule has 1 atom stereocenters. The normalized spacial score (nSPS) is 22.2. The van der Waals surface area contributed by atoms with Crippen molar-refractivity contribution in [3.05, 3.63) is 23.8 Å². The Morgan fingerprint density at radius 2 is 2.21 bits per heavy atom. The van der Waals surface area contributed by atoms with Gasteiger partial charge in [0.25, 0.3) is 0 Å². The Balaban J connectivity index is 1.90. The average molecular weight is 263 g/mol. The lowest BCUT2D eigenvalue weighted by Crippen LogP contribution is -2.36. The number of rotatable bonds is 4. The van der Waals surface area contributed by atoms with Gasteiger partial charge in [-0.25, -0.2) is 0 Å². The van der Waals surface area contributed by atoms with E-state index in [-0.39, 0.29) is 5.75 Å². The molecule has 2 N–H and O–H groups in total. The molecule has 3 nitrogen and oxygen atoms in total. The summed E-state index contributed by atoms with van der Waals surface area (Å²) in [6.07, 6.45) is 5.12. The van der Waals surface area contributed by atoms with Gasteiger partial charge < -0.3 is 15.2 Å². The van der Waals surface area contributed by atoms with Crippen molar-refractivity contribution in [1.82, 2.24) is 5.32 Å². The second-order valence-corrected chi connectivity index (χ2v) is 6.34. The lowest BCUT2D eigenvalue weighted by molar-refractivity contribution is 0.197. The lowest BCUT2D eigenvalue weighted by Gasteiger charge is -2.35. The maximum absolute atomic E-state index is 9.76. The van der Waals surface area contributed by atoms with Crippen LogP contribution in [0.3, 0.4) is 0 Å². The summed E-state index contributed by atoms with van der Waals surface area (Å²) in [5, 5.41) is 13.4. The number of hydrogen-bond acceptors (Lipinski definition) is 3. The van der Waals surface area contributed by atoms with Crippen LogP contribution in [0.1, 0.15) is 45.1 Å². The molecule has 1 fully saturated rings. The van der Waals surface area contributed by atoms with Gasteiger partial charge in [0.05, 0.1) is 7.11 Å². The zero-order valence-electron chi connectivity index (χ0n) is 12.2. The molecule has 0 aromatic heterocycles. The van der Waals surface area contributed by atoms with Gasteiger partial charge in [-0.05, 0) is 42.4 Å². The molecule has 3 heteroatoms. The highest BCUT2D eigenvalue weighted by atomic mass is 16.5. The van der Waals surface area contributed by atoms with Crippen LogP contribution in [0.2, 0.25) is 0 Å². The van der Waals surface area contributed by atoms with Crippen LogP contribution in [0, 0.1) is 5.41 Å². The molecule has 0 aliphatic heterocycles. The maximum atomic E-state index is 9.76. The number of hydrogen-bond donors (Lipinski definition) is 2. The van der Waals surface area contributed by atoms with Crippen LogP contribution >= 0.6 is 0 Å². The van der Waals surface area contributed by atoms with Crippen LogP contribution in [-0.2, 0) is 6.54 Å². The number of phenols is 1. The van der Waals surface area contributed by atoms with Gasteiger partial charge in [-0.15, -0.1) is 0 Å². The van der Waals surface area contributed by atoms with E-state index in [1.165, 1.54) is 25.7 Å². The molecule has 1 unspecified atom stereocenters. The van der Waals surface area contributed by atoms with Crippen LogP contribution in [0.25, 0.3) is 0 Å². The van der Waals surface area contributed by atoms with E-state index in [0.717, 1.165) is 12.1 Å². The van der Waals surface area contributed by atoms with Crippen LogP contribution in [0.4, 0.5) is 0 Å². The van der Waals surface area contributed by atoms with E-state index in [2.05, 4.69) is 19.2 Å². The van der Waals surface area contributed by atoms with Crippen LogP contribution in [0.5, 0.6) is 11.5 Å². The van der Waals surface area contributed by atoms with Crippen molar-refractivity contribution in [3.8, 4) is 11.5 Å². The second kappa shape index (κ2) is 5.83. The number of nitrogens with one attached hydrogen (secondary N) is 1. The molecular weight excluding hydrogens is 238 g/mol. The van der Waals surface area contributed by atoms with Crippen molar-refractivity contribution < 1.29 is 9.84 Å². The minimum Gasteiger partial charge on any atom is -0.504 e. The molecule has 19 heavy (non-hydrogen) atoms. The summed E-state index contributed by atoms with van der Waals surface area (Å²) in [5.74, 6) is 0.744. The fourth-order valence-electron chi connectivity index (χ4n) is 2.98. The smallest absolute Gasteiger partial charge is 0.160 e. The molecule has 0 saturated heterocycles. The summed E-state index contributed by atoms with van der Waals surface area (Å²) in [5.41, 5.74) is 1.56. The predicted octanol–water partition coefficient (Wildman–Crippen LogP) is 3.46. The van der Waals surface area contributed by atoms with Crippen molar-refractivity contribution in [2.75, 3.05) is 7.11 Å². The largest absolute Gasteiger partial charge is 0.504 e.